The van der Waals surface area contributed by atoms with Crippen LogP contribution in [0.2, 0.25) is 0 Å². The van der Waals surface area contributed by atoms with Crippen LogP contribution in [0.5, 0.6) is 0 Å². The predicted molar refractivity (Wildman–Crippen MR) is 84.1 cm³/mol. The Morgan fingerprint density at radius 2 is 2.16 bits per heavy atom. The van der Waals surface area contributed by atoms with E-state index in [0.717, 1.165) is 25.7 Å². The largest absolute Gasteiger partial charge is 0.393 e. The van der Waals surface area contributed by atoms with E-state index in [4.69, 9.17) is 0 Å². The van der Waals surface area contributed by atoms with E-state index < -0.39 is 0 Å². The highest BCUT2D eigenvalue weighted by Crippen LogP contribution is 2.38. The lowest BCUT2D eigenvalue weighted by Crippen LogP contribution is -2.25. The minimum atomic E-state index is -0.114. The average Bonchev–Trinajstić information content (AvgIpc) is 2.40. The van der Waals surface area contributed by atoms with E-state index in [9.17, 15) is 5.11 Å². The van der Waals surface area contributed by atoms with Crippen molar-refractivity contribution in [1.29, 1.82) is 0 Å². The zero-order valence-corrected chi connectivity index (χ0v) is 13.1. The first kappa shape index (κ1) is 16.5. The second-order valence-electron chi connectivity index (χ2n) is 6.26. The molecule has 19 heavy (non-hydrogen) atoms. The summed E-state index contributed by atoms with van der Waals surface area (Å²) < 4.78 is 0. The monoisotopic (exact) mass is 264 g/mol. The molecule has 0 bridgehead atoms. The minimum absolute atomic E-state index is 0.114. The van der Waals surface area contributed by atoms with Crippen LogP contribution in [0.15, 0.2) is 24.3 Å². The van der Waals surface area contributed by atoms with Crippen molar-refractivity contribution in [2.75, 3.05) is 0 Å². The Morgan fingerprint density at radius 3 is 2.74 bits per heavy atom. The molecule has 0 amide bonds. The van der Waals surface area contributed by atoms with Gasteiger partial charge in [0.1, 0.15) is 0 Å². The molecule has 0 radical (unpaired) electrons. The second-order valence-corrected chi connectivity index (χ2v) is 6.26. The maximum absolute atomic E-state index is 9.98. The third-order valence-electron chi connectivity index (χ3n) is 4.79. The Morgan fingerprint density at radius 1 is 1.42 bits per heavy atom. The molecule has 0 aliphatic heterocycles. The molecule has 1 heteroatoms. The van der Waals surface area contributed by atoms with E-state index >= 15 is 0 Å². The van der Waals surface area contributed by atoms with Crippen molar-refractivity contribution < 1.29 is 5.11 Å². The molecule has 0 aromatic rings. The Bertz CT molecular complexity index is 292. The average molecular weight is 264 g/mol. The molecule has 4 unspecified atom stereocenters. The molecule has 0 saturated carbocycles. The molecule has 0 aromatic heterocycles. The van der Waals surface area contributed by atoms with E-state index in [-0.39, 0.29) is 6.10 Å². The van der Waals surface area contributed by atoms with Crippen molar-refractivity contribution in [3.05, 3.63) is 24.3 Å². The molecule has 0 heterocycles. The molecule has 4 atom stereocenters. The normalized spacial score (nSPS) is 24.4. The van der Waals surface area contributed by atoms with Crippen LogP contribution < -0.4 is 0 Å². The number of aliphatic hydroxyl groups is 1. The Balaban J connectivity index is 2.64. The molecule has 1 aliphatic carbocycles. The summed E-state index contributed by atoms with van der Waals surface area (Å²) in [5.74, 6) is 1.90. The summed E-state index contributed by atoms with van der Waals surface area (Å²) in [7, 11) is 0. The van der Waals surface area contributed by atoms with E-state index in [1.807, 2.05) is 0 Å². The molecule has 1 nitrogen and oxygen atoms in total. The maximum atomic E-state index is 9.98. The van der Waals surface area contributed by atoms with Crippen LogP contribution in [-0.2, 0) is 0 Å². The first-order valence-electron chi connectivity index (χ1n) is 8.07. The highest BCUT2D eigenvalue weighted by molar-refractivity contribution is 5.09. The van der Waals surface area contributed by atoms with Gasteiger partial charge in [-0.2, -0.15) is 0 Å². The van der Waals surface area contributed by atoms with E-state index in [0.29, 0.717) is 17.8 Å². The van der Waals surface area contributed by atoms with Crippen LogP contribution in [0.4, 0.5) is 0 Å². The molecule has 0 saturated heterocycles. The van der Waals surface area contributed by atoms with Gasteiger partial charge in [-0.3, -0.25) is 0 Å². The number of aliphatic hydroxyl groups excluding tert-OH is 1. The summed E-state index contributed by atoms with van der Waals surface area (Å²) in [5.41, 5.74) is 1.56. The maximum Gasteiger partial charge on any atom is 0.0540 e. The van der Waals surface area contributed by atoms with E-state index in [1.54, 1.807) is 5.57 Å². The number of hydrogen-bond donors (Lipinski definition) is 1. The summed E-state index contributed by atoms with van der Waals surface area (Å²) >= 11 is 0. The quantitative estimate of drug-likeness (QED) is 0.604. The van der Waals surface area contributed by atoms with E-state index in [2.05, 4.69) is 39.5 Å². The summed E-state index contributed by atoms with van der Waals surface area (Å²) in [4.78, 5) is 0. The van der Waals surface area contributed by atoms with Crippen LogP contribution in [0, 0.1) is 17.8 Å². The fraction of sp³-hybridized carbons (Fsp3) is 0.778. The van der Waals surface area contributed by atoms with E-state index in [1.165, 1.54) is 19.3 Å². The van der Waals surface area contributed by atoms with Gasteiger partial charge in [-0.15, -0.1) is 6.58 Å². The van der Waals surface area contributed by atoms with Crippen molar-refractivity contribution in [2.45, 2.75) is 71.8 Å². The molecule has 1 aliphatic rings. The summed E-state index contributed by atoms with van der Waals surface area (Å²) in [6.45, 7) is 10.7. The van der Waals surface area contributed by atoms with Crippen LogP contribution in [0.3, 0.4) is 0 Å². The van der Waals surface area contributed by atoms with Gasteiger partial charge in [-0.1, -0.05) is 38.0 Å². The lowest BCUT2D eigenvalue weighted by molar-refractivity contribution is 0.131. The van der Waals surface area contributed by atoms with Gasteiger partial charge in [0, 0.05) is 0 Å². The minimum Gasteiger partial charge on any atom is -0.393 e. The molecule has 0 fully saturated rings. The van der Waals surface area contributed by atoms with Crippen LogP contribution >= 0.6 is 0 Å². The Labute approximate surface area is 119 Å². The number of rotatable bonds is 8. The van der Waals surface area contributed by atoms with Gasteiger partial charge in [-0.05, 0) is 63.2 Å². The van der Waals surface area contributed by atoms with Gasteiger partial charge in [0.25, 0.3) is 0 Å². The van der Waals surface area contributed by atoms with Crippen molar-refractivity contribution in [2.24, 2.45) is 17.8 Å². The zero-order valence-electron chi connectivity index (χ0n) is 13.1. The van der Waals surface area contributed by atoms with Crippen molar-refractivity contribution in [3.8, 4) is 0 Å². The molecule has 0 aromatic carbocycles. The molecule has 0 spiro atoms. The molecule has 1 N–H and O–H groups in total. The molecular formula is C18H32O. The highest BCUT2D eigenvalue weighted by atomic mass is 16.3. The van der Waals surface area contributed by atoms with Gasteiger partial charge in [0.15, 0.2) is 0 Å². The number of allylic oxidation sites excluding steroid dienone is 3. The zero-order chi connectivity index (χ0) is 14.3. The molecule has 110 valence electrons. The topological polar surface area (TPSA) is 20.2 Å². The van der Waals surface area contributed by atoms with Gasteiger partial charge in [0.05, 0.1) is 6.10 Å². The van der Waals surface area contributed by atoms with Gasteiger partial charge >= 0.3 is 0 Å². The fourth-order valence-corrected chi connectivity index (χ4v) is 3.47. The molecule has 1 rings (SSSR count). The second kappa shape index (κ2) is 8.58. The highest BCUT2D eigenvalue weighted by Gasteiger charge is 2.28. The lowest BCUT2D eigenvalue weighted by atomic mass is 9.71. The third-order valence-corrected chi connectivity index (χ3v) is 4.79. The van der Waals surface area contributed by atoms with Crippen LogP contribution in [-0.4, -0.2) is 11.2 Å². The number of hydrogen-bond acceptors (Lipinski definition) is 1. The van der Waals surface area contributed by atoms with Crippen LogP contribution in [0.1, 0.15) is 65.7 Å². The summed E-state index contributed by atoms with van der Waals surface area (Å²) in [5, 5.41) is 9.98. The van der Waals surface area contributed by atoms with Crippen LogP contribution in [0.25, 0.3) is 0 Å². The summed E-state index contributed by atoms with van der Waals surface area (Å²) in [6.07, 6.45) is 12.4. The van der Waals surface area contributed by atoms with Gasteiger partial charge in [-0.25, -0.2) is 0 Å². The fourth-order valence-electron chi connectivity index (χ4n) is 3.47. The van der Waals surface area contributed by atoms with Crippen molar-refractivity contribution >= 4 is 0 Å². The first-order valence-corrected chi connectivity index (χ1v) is 8.07. The molecular weight excluding hydrogens is 232 g/mol. The Kier molecular flexibility index (Phi) is 7.45. The Hall–Kier alpha value is -0.560. The third kappa shape index (κ3) is 5.14. The van der Waals surface area contributed by atoms with Gasteiger partial charge < -0.3 is 5.11 Å². The first-order chi connectivity index (χ1) is 9.10. The lowest BCUT2D eigenvalue weighted by Gasteiger charge is -2.34. The SMILES string of the molecule is C=CC(C)C(CCC(O)CCC)C1CCCC=C1C. The smallest absolute Gasteiger partial charge is 0.0540 e. The standard InChI is InChI=1S/C18H32O/c1-5-9-16(19)12-13-18(14(3)6-2)17-11-8-7-10-15(17)4/h6,10,14,16-19H,2,5,7-9,11-13H2,1,3-4H3. The van der Waals surface area contributed by atoms with Gasteiger partial charge in [0.2, 0.25) is 0 Å². The summed E-state index contributed by atoms with van der Waals surface area (Å²) in [6, 6.07) is 0. The van der Waals surface area contributed by atoms with Crippen molar-refractivity contribution in [3.63, 3.8) is 0 Å². The predicted octanol–water partition coefficient (Wildman–Crippen LogP) is 5.11. The van der Waals surface area contributed by atoms with Crippen molar-refractivity contribution in [1.82, 2.24) is 0 Å².